The van der Waals surface area contributed by atoms with Gasteiger partial charge in [-0.2, -0.15) is 0 Å². The highest BCUT2D eigenvalue weighted by Crippen LogP contribution is 2.23. The molecule has 0 bridgehead atoms. The van der Waals surface area contributed by atoms with Gasteiger partial charge in [-0.15, -0.1) is 0 Å². The second-order valence-electron chi connectivity index (χ2n) is 6.40. The first-order valence-electron chi connectivity index (χ1n) is 8.94. The van der Waals surface area contributed by atoms with Crippen LogP contribution in [0.15, 0.2) is 6.20 Å². The van der Waals surface area contributed by atoms with Crippen molar-refractivity contribution in [1.82, 2.24) is 15.0 Å². The number of ether oxygens (including phenoxy) is 2. The highest BCUT2D eigenvalue weighted by atomic mass is 16.7. The van der Waals surface area contributed by atoms with E-state index in [1.807, 2.05) is 0 Å². The van der Waals surface area contributed by atoms with Crippen molar-refractivity contribution in [1.29, 1.82) is 0 Å². The molecule has 2 rings (SSSR count). The standard InChI is InChI=1S/C16H29N3O6/c1-2-3-4-5-6-7-8-19-9-12(17-18-19)25-16-15(23)14(22)13(21)11(10-20)24-16/h9,11,13-16,20-23H,2-8,10H2,1H3/t11-,13+,14+,15-,16+/m1/s1. The molecule has 25 heavy (non-hydrogen) atoms. The lowest BCUT2D eigenvalue weighted by molar-refractivity contribution is -0.278. The predicted octanol–water partition coefficient (Wildman–Crippen LogP) is -0.183. The van der Waals surface area contributed by atoms with Gasteiger partial charge in [0.15, 0.2) is 0 Å². The molecule has 4 N–H and O–H groups in total. The normalized spacial score (nSPS) is 29.7. The van der Waals surface area contributed by atoms with Crippen LogP contribution < -0.4 is 4.74 Å². The molecule has 2 heterocycles. The van der Waals surface area contributed by atoms with Crippen molar-refractivity contribution in [3.63, 3.8) is 0 Å². The molecule has 9 nitrogen and oxygen atoms in total. The van der Waals surface area contributed by atoms with Crippen LogP contribution in [0.5, 0.6) is 5.88 Å². The zero-order valence-electron chi connectivity index (χ0n) is 14.6. The zero-order valence-corrected chi connectivity index (χ0v) is 14.6. The van der Waals surface area contributed by atoms with Crippen molar-refractivity contribution in [2.24, 2.45) is 0 Å². The summed E-state index contributed by atoms with van der Waals surface area (Å²) in [5.74, 6) is 0.148. The molecule has 1 aromatic rings. The summed E-state index contributed by atoms with van der Waals surface area (Å²) in [6.45, 7) is 2.40. The molecule has 1 aliphatic rings. The highest BCUT2D eigenvalue weighted by molar-refractivity contribution is 5.01. The molecular formula is C16H29N3O6. The Kier molecular flexibility index (Phi) is 8.04. The van der Waals surface area contributed by atoms with Crippen LogP contribution in [0.25, 0.3) is 0 Å². The first-order valence-corrected chi connectivity index (χ1v) is 8.94. The molecule has 9 heteroatoms. The van der Waals surface area contributed by atoms with Gasteiger partial charge in [0.1, 0.15) is 24.4 Å². The van der Waals surface area contributed by atoms with Crippen LogP contribution in [0.2, 0.25) is 0 Å². The van der Waals surface area contributed by atoms with Crippen LogP contribution in [-0.4, -0.2) is 72.7 Å². The number of hydrogen-bond donors (Lipinski definition) is 4. The van der Waals surface area contributed by atoms with E-state index >= 15 is 0 Å². The number of aromatic nitrogens is 3. The van der Waals surface area contributed by atoms with Crippen molar-refractivity contribution in [3.8, 4) is 5.88 Å². The molecule has 0 unspecified atom stereocenters. The first kappa shape index (κ1) is 20.1. The van der Waals surface area contributed by atoms with Crippen molar-refractivity contribution in [2.75, 3.05) is 6.61 Å². The van der Waals surface area contributed by atoms with Crippen LogP contribution in [-0.2, 0) is 11.3 Å². The molecular weight excluding hydrogens is 330 g/mol. The second kappa shape index (κ2) is 10.0. The van der Waals surface area contributed by atoms with E-state index in [4.69, 9.17) is 14.6 Å². The van der Waals surface area contributed by atoms with Crippen LogP contribution in [0.3, 0.4) is 0 Å². The summed E-state index contributed by atoms with van der Waals surface area (Å²) in [4.78, 5) is 0. The molecule has 0 aliphatic carbocycles. The molecule has 0 radical (unpaired) electrons. The van der Waals surface area contributed by atoms with Crippen LogP contribution >= 0.6 is 0 Å². The van der Waals surface area contributed by atoms with Crippen molar-refractivity contribution < 1.29 is 29.9 Å². The quantitative estimate of drug-likeness (QED) is 0.423. The van der Waals surface area contributed by atoms with Crippen LogP contribution in [0.4, 0.5) is 0 Å². The molecule has 1 saturated heterocycles. The molecule has 0 amide bonds. The molecule has 5 atom stereocenters. The van der Waals surface area contributed by atoms with Gasteiger partial charge in [-0.1, -0.05) is 49.3 Å². The largest absolute Gasteiger partial charge is 0.443 e. The van der Waals surface area contributed by atoms with E-state index in [0.717, 1.165) is 19.4 Å². The van der Waals surface area contributed by atoms with E-state index in [9.17, 15) is 15.3 Å². The molecule has 1 aromatic heterocycles. The Morgan fingerprint density at radius 3 is 2.52 bits per heavy atom. The average Bonchev–Trinajstić information content (AvgIpc) is 3.06. The van der Waals surface area contributed by atoms with Gasteiger partial charge in [0.25, 0.3) is 5.88 Å². The average molecular weight is 359 g/mol. The first-order chi connectivity index (χ1) is 12.1. The smallest absolute Gasteiger partial charge is 0.255 e. The summed E-state index contributed by atoms with van der Waals surface area (Å²) >= 11 is 0. The lowest BCUT2D eigenvalue weighted by Gasteiger charge is -2.39. The van der Waals surface area contributed by atoms with Crippen molar-refractivity contribution in [3.05, 3.63) is 6.20 Å². The monoisotopic (exact) mass is 359 g/mol. The minimum atomic E-state index is -1.48. The highest BCUT2D eigenvalue weighted by Gasteiger charge is 2.44. The van der Waals surface area contributed by atoms with Crippen molar-refractivity contribution >= 4 is 0 Å². The van der Waals surface area contributed by atoms with E-state index in [-0.39, 0.29) is 5.88 Å². The maximum atomic E-state index is 9.94. The summed E-state index contributed by atoms with van der Waals surface area (Å²) in [6.07, 6.45) is 2.05. The Labute approximate surface area is 147 Å². The van der Waals surface area contributed by atoms with Gasteiger partial charge in [0.2, 0.25) is 6.29 Å². The molecule has 1 aliphatic heterocycles. The van der Waals surface area contributed by atoms with E-state index in [1.54, 1.807) is 10.9 Å². The molecule has 144 valence electrons. The van der Waals surface area contributed by atoms with Crippen LogP contribution in [0.1, 0.15) is 45.4 Å². The Balaban J connectivity index is 1.80. The van der Waals surface area contributed by atoms with Gasteiger partial charge in [0, 0.05) is 6.54 Å². The van der Waals surface area contributed by atoms with Gasteiger partial charge in [-0.05, 0) is 6.42 Å². The number of rotatable bonds is 10. The van der Waals surface area contributed by atoms with E-state index in [0.29, 0.717) is 0 Å². The number of nitrogens with zero attached hydrogens (tertiary/aromatic N) is 3. The van der Waals surface area contributed by atoms with Crippen LogP contribution in [0, 0.1) is 0 Å². The lowest BCUT2D eigenvalue weighted by atomic mass is 9.99. The second-order valence-corrected chi connectivity index (χ2v) is 6.40. The van der Waals surface area contributed by atoms with Gasteiger partial charge < -0.3 is 29.9 Å². The fourth-order valence-electron chi connectivity index (χ4n) is 2.78. The van der Waals surface area contributed by atoms with Gasteiger partial charge in [-0.25, -0.2) is 4.68 Å². The molecule has 1 fully saturated rings. The number of aliphatic hydroxyl groups excluding tert-OH is 4. The summed E-state index contributed by atoms with van der Waals surface area (Å²) < 4.78 is 12.3. The minimum Gasteiger partial charge on any atom is -0.443 e. The number of aryl methyl sites for hydroxylation is 1. The van der Waals surface area contributed by atoms with E-state index in [1.165, 1.54) is 25.7 Å². The third-order valence-corrected chi connectivity index (χ3v) is 4.34. The fraction of sp³-hybridized carbons (Fsp3) is 0.875. The maximum absolute atomic E-state index is 9.94. The third-order valence-electron chi connectivity index (χ3n) is 4.34. The summed E-state index contributed by atoms with van der Waals surface area (Å²) in [6, 6.07) is 0. The lowest BCUT2D eigenvalue weighted by Crippen LogP contribution is -2.60. The topological polar surface area (TPSA) is 130 Å². The van der Waals surface area contributed by atoms with Crippen molar-refractivity contribution in [2.45, 2.75) is 82.7 Å². The number of unbranched alkanes of at least 4 members (excludes halogenated alkanes) is 5. The maximum Gasteiger partial charge on any atom is 0.255 e. The fourth-order valence-corrected chi connectivity index (χ4v) is 2.78. The Hall–Kier alpha value is -1.26. The molecule has 0 saturated carbocycles. The summed E-state index contributed by atoms with van der Waals surface area (Å²) in [5, 5.41) is 46.4. The number of aliphatic hydroxyl groups is 4. The van der Waals surface area contributed by atoms with Gasteiger partial charge in [0.05, 0.1) is 12.8 Å². The van der Waals surface area contributed by atoms with E-state index < -0.39 is 37.3 Å². The van der Waals surface area contributed by atoms with Gasteiger partial charge >= 0.3 is 0 Å². The van der Waals surface area contributed by atoms with Gasteiger partial charge in [-0.3, -0.25) is 0 Å². The van der Waals surface area contributed by atoms with E-state index in [2.05, 4.69) is 17.2 Å². The summed E-state index contributed by atoms with van der Waals surface area (Å²) in [5.41, 5.74) is 0. The third kappa shape index (κ3) is 5.61. The number of hydrogen-bond acceptors (Lipinski definition) is 8. The zero-order chi connectivity index (χ0) is 18.2. The summed E-state index contributed by atoms with van der Waals surface area (Å²) in [7, 11) is 0. The Bertz CT molecular complexity index is 498. The minimum absolute atomic E-state index is 0.148. The molecule has 0 aromatic carbocycles. The Morgan fingerprint density at radius 1 is 1.08 bits per heavy atom. The predicted molar refractivity (Wildman–Crippen MR) is 87.8 cm³/mol. The Morgan fingerprint density at radius 2 is 1.80 bits per heavy atom. The molecule has 0 spiro atoms. The SMILES string of the molecule is CCCCCCCCn1cc(O[C@@H]2O[C@H](CO)[C@H](O)[C@H](O)[C@H]2O)nn1.